The van der Waals surface area contributed by atoms with Crippen molar-refractivity contribution in [2.75, 3.05) is 18.8 Å². The molecule has 1 aliphatic heterocycles. The number of hydrogen-bond acceptors (Lipinski definition) is 5. The average molecular weight is 372 g/mol. The van der Waals surface area contributed by atoms with Gasteiger partial charge in [0.2, 0.25) is 11.1 Å². The summed E-state index contributed by atoms with van der Waals surface area (Å²) in [5.74, 6) is 1.19. The molecule has 1 saturated carbocycles. The summed E-state index contributed by atoms with van der Waals surface area (Å²) in [6, 6.07) is 11.0. The number of likely N-dealkylation sites (tertiary alicyclic amines) is 1. The lowest BCUT2D eigenvalue weighted by molar-refractivity contribution is -0.129. The Morgan fingerprint density at radius 1 is 1.08 bits per heavy atom. The van der Waals surface area contributed by atoms with Gasteiger partial charge < -0.3 is 4.90 Å². The molecule has 0 N–H and O–H groups in total. The largest absolute Gasteiger partial charge is 0.342 e. The second-order valence-electron chi connectivity index (χ2n) is 7.20. The minimum Gasteiger partial charge on any atom is -0.342 e. The molecule has 0 atom stereocenters. The molecule has 1 saturated heterocycles. The van der Waals surface area contributed by atoms with E-state index in [-0.39, 0.29) is 5.91 Å². The number of rotatable bonds is 5. The number of carbonyl (C=O) groups is 1. The standard InChI is InChI=1S/C19H25N5OS/c25-18(14-26-19-20-21-22-24(19)17-8-4-5-9-17)23-12-10-16(11-13-23)15-6-2-1-3-7-15/h1-3,6-7,16-17H,4-5,8-14H2. The average Bonchev–Trinajstić information content (AvgIpc) is 3.38. The zero-order valence-corrected chi connectivity index (χ0v) is 15.8. The van der Waals surface area contributed by atoms with Crippen LogP contribution in [0.25, 0.3) is 0 Å². The molecular weight excluding hydrogens is 346 g/mol. The molecule has 4 rings (SSSR count). The van der Waals surface area contributed by atoms with Crippen LogP contribution in [0.3, 0.4) is 0 Å². The van der Waals surface area contributed by atoms with Crippen molar-refractivity contribution in [3.8, 4) is 0 Å². The van der Waals surface area contributed by atoms with Crippen molar-refractivity contribution >= 4 is 17.7 Å². The van der Waals surface area contributed by atoms with Crippen LogP contribution in [0.2, 0.25) is 0 Å². The first-order valence-electron chi connectivity index (χ1n) is 9.54. The first kappa shape index (κ1) is 17.5. The van der Waals surface area contributed by atoms with E-state index >= 15 is 0 Å². The molecule has 0 bridgehead atoms. The van der Waals surface area contributed by atoms with Crippen molar-refractivity contribution in [3.05, 3.63) is 35.9 Å². The van der Waals surface area contributed by atoms with Crippen LogP contribution in [0.4, 0.5) is 0 Å². The molecule has 2 aliphatic rings. The van der Waals surface area contributed by atoms with Gasteiger partial charge in [0.1, 0.15) is 0 Å². The summed E-state index contributed by atoms with van der Waals surface area (Å²) in [6.45, 7) is 1.68. The molecule has 0 radical (unpaired) electrons. The van der Waals surface area contributed by atoms with Crippen molar-refractivity contribution in [1.82, 2.24) is 25.1 Å². The molecule has 0 unspecified atom stereocenters. The summed E-state index contributed by atoms with van der Waals surface area (Å²) in [4.78, 5) is 14.6. The summed E-state index contributed by atoms with van der Waals surface area (Å²) < 4.78 is 1.92. The number of thioether (sulfide) groups is 1. The van der Waals surface area contributed by atoms with E-state index in [1.807, 2.05) is 9.58 Å². The Kier molecular flexibility index (Phi) is 5.53. The number of benzene rings is 1. The third-order valence-corrected chi connectivity index (χ3v) is 6.49. The number of piperidine rings is 1. The lowest BCUT2D eigenvalue weighted by Gasteiger charge is -2.32. The predicted molar refractivity (Wildman–Crippen MR) is 101 cm³/mol. The van der Waals surface area contributed by atoms with Crippen molar-refractivity contribution in [3.63, 3.8) is 0 Å². The molecule has 138 valence electrons. The third kappa shape index (κ3) is 3.92. The number of hydrogen-bond donors (Lipinski definition) is 0. The van der Waals surface area contributed by atoms with E-state index in [4.69, 9.17) is 0 Å². The Balaban J connectivity index is 1.28. The number of amides is 1. The second kappa shape index (κ2) is 8.20. The van der Waals surface area contributed by atoms with Crippen LogP contribution in [-0.4, -0.2) is 49.9 Å². The quantitative estimate of drug-likeness (QED) is 0.755. The maximum absolute atomic E-state index is 12.6. The van der Waals surface area contributed by atoms with Gasteiger partial charge in [0, 0.05) is 13.1 Å². The van der Waals surface area contributed by atoms with E-state index in [0.717, 1.165) is 43.9 Å². The van der Waals surface area contributed by atoms with Crippen LogP contribution in [-0.2, 0) is 4.79 Å². The Labute approximate surface area is 158 Å². The molecule has 7 heteroatoms. The highest BCUT2D eigenvalue weighted by Gasteiger charge is 2.25. The van der Waals surface area contributed by atoms with Gasteiger partial charge in [-0.05, 0) is 47.6 Å². The van der Waals surface area contributed by atoms with Gasteiger partial charge in [-0.3, -0.25) is 4.79 Å². The second-order valence-corrected chi connectivity index (χ2v) is 8.14. The van der Waals surface area contributed by atoms with Crippen LogP contribution in [0.5, 0.6) is 0 Å². The topological polar surface area (TPSA) is 63.9 Å². The summed E-state index contributed by atoms with van der Waals surface area (Å²) in [7, 11) is 0. The molecule has 2 fully saturated rings. The van der Waals surface area contributed by atoms with E-state index in [0.29, 0.717) is 17.7 Å². The SMILES string of the molecule is O=C(CSc1nnnn1C1CCCC1)N1CCC(c2ccccc2)CC1. The molecule has 1 aliphatic carbocycles. The molecule has 0 spiro atoms. The van der Waals surface area contributed by atoms with Crippen LogP contribution in [0.15, 0.2) is 35.5 Å². The summed E-state index contributed by atoms with van der Waals surface area (Å²) in [5, 5.41) is 12.9. The van der Waals surface area contributed by atoms with Gasteiger partial charge in [0.05, 0.1) is 11.8 Å². The number of tetrazole rings is 1. The van der Waals surface area contributed by atoms with Crippen LogP contribution in [0, 0.1) is 0 Å². The van der Waals surface area contributed by atoms with Crippen LogP contribution < -0.4 is 0 Å². The molecule has 6 nitrogen and oxygen atoms in total. The maximum atomic E-state index is 12.6. The Morgan fingerprint density at radius 3 is 2.54 bits per heavy atom. The Morgan fingerprint density at radius 2 is 1.81 bits per heavy atom. The first-order valence-corrected chi connectivity index (χ1v) is 10.5. The van der Waals surface area contributed by atoms with Crippen molar-refractivity contribution in [1.29, 1.82) is 0 Å². The fourth-order valence-electron chi connectivity index (χ4n) is 4.06. The van der Waals surface area contributed by atoms with Gasteiger partial charge in [-0.25, -0.2) is 4.68 Å². The summed E-state index contributed by atoms with van der Waals surface area (Å²) in [5.41, 5.74) is 1.39. The lowest BCUT2D eigenvalue weighted by Crippen LogP contribution is -2.39. The zero-order chi connectivity index (χ0) is 17.8. The van der Waals surface area contributed by atoms with Crippen LogP contribution in [0.1, 0.15) is 56.0 Å². The molecule has 1 amide bonds. The van der Waals surface area contributed by atoms with Gasteiger partial charge in [0.15, 0.2) is 0 Å². The predicted octanol–water partition coefficient (Wildman–Crippen LogP) is 3.29. The van der Waals surface area contributed by atoms with Gasteiger partial charge >= 0.3 is 0 Å². The van der Waals surface area contributed by atoms with E-state index in [1.54, 1.807) is 0 Å². The summed E-state index contributed by atoms with van der Waals surface area (Å²) >= 11 is 1.48. The highest BCUT2D eigenvalue weighted by molar-refractivity contribution is 7.99. The summed E-state index contributed by atoms with van der Waals surface area (Å²) in [6.07, 6.45) is 6.84. The lowest BCUT2D eigenvalue weighted by atomic mass is 9.89. The normalized spacial score (nSPS) is 19.2. The minimum absolute atomic E-state index is 0.197. The highest BCUT2D eigenvalue weighted by atomic mass is 32.2. The number of aromatic nitrogens is 4. The fraction of sp³-hybridized carbons (Fsp3) is 0.579. The Bertz CT molecular complexity index is 721. The molecule has 2 aromatic rings. The smallest absolute Gasteiger partial charge is 0.233 e. The van der Waals surface area contributed by atoms with Crippen molar-refractivity contribution in [2.45, 2.75) is 55.6 Å². The number of carbonyl (C=O) groups excluding carboxylic acids is 1. The molecule has 1 aromatic carbocycles. The van der Waals surface area contributed by atoms with Crippen molar-refractivity contribution in [2.24, 2.45) is 0 Å². The fourth-order valence-corrected chi connectivity index (χ4v) is 4.91. The van der Waals surface area contributed by atoms with Gasteiger partial charge in [-0.2, -0.15) is 0 Å². The monoisotopic (exact) mass is 371 g/mol. The van der Waals surface area contributed by atoms with E-state index in [1.165, 1.54) is 30.2 Å². The van der Waals surface area contributed by atoms with E-state index < -0.39 is 0 Å². The van der Waals surface area contributed by atoms with Gasteiger partial charge in [-0.1, -0.05) is 54.9 Å². The van der Waals surface area contributed by atoms with Crippen molar-refractivity contribution < 1.29 is 4.79 Å². The molecule has 1 aromatic heterocycles. The highest BCUT2D eigenvalue weighted by Crippen LogP contribution is 2.32. The van der Waals surface area contributed by atoms with E-state index in [9.17, 15) is 4.79 Å². The Hall–Kier alpha value is -1.89. The first-order chi connectivity index (χ1) is 12.8. The zero-order valence-electron chi connectivity index (χ0n) is 15.0. The maximum Gasteiger partial charge on any atom is 0.233 e. The van der Waals surface area contributed by atoms with Crippen LogP contribution >= 0.6 is 11.8 Å². The minimum atomic E-state index is 0.197. The third-order valence-electron chi connectivity index (χ3n) is 5.58. The molecule has 2 heterocycles. The molecule has 26 heavy (non-hydrogen) atoms. The molecular formula is C19H25N5OS. The van der Waals surface area contributed by atoms with E-state index in [2.05, 4.69) is 45.9 Å². The van der Waals surface area contributed by atoms with Gasteiger partial charge in [-0.15, -0.1) is 5.10 Å². The van der Waals surface area contributed by atoms with Gasteiger partial charge in [0.25, 0.3) is 0 Å². The number of nitrogens with zero attached hydrogens (tertiary/aromatic N) is 5.